The normalized spacial score (nSPS) is 12.8. The van der Waals surface area contributed by atoms with Gasteiger partial charge in [0.1, 0.15) is 40.5 Å². The van der Waals surface area contributed by atoms with Crippen molar-refractivity contribution in [2.75, 3.05) is 12.4 Å². The number of halogens is 1. The van der Waals surface area contributed by atoms with E-state index >= 15 is 0 Å². The first-order valence-electron chi connectivity index (χ1n) is 12.3. The number of aliphatic hydroxyl groups excluding tert-OH is 1. The summed E-state index contributed by atoms with van der Waals surface area (Å²) in [5.41, 5.74) is 2.73. The van der Waals surface area contributed by atoms with E-state index in [1.807, 2.05) is 0 Å². The maximum absolute atomic E-state index is 15.0. The molecule has 13 heteroatoms. The third kappa shape index (κ3) is 5.59. The van der Waals surface area contributed by atoms with Crippen molar-refractivity contribution in [1.29, 1.82) is 0 Å². The molecule has 2 N–H and O–H groups in total. The van der Waals surface area contributed by atoms with Crippen molar-refractivity contribution in [3.05, 3.63) is 66.1 Å². The third-order valence-electron chi connectivity index (χ3n) is 6.16. The summed E-state index contributed by atoms with van der Waals surface area (Å²) in [7, 11) is 1.54. The van der Waals surface area contributed by atoms with Crippen LogP contribution in [0.1, 0.15) is 25.2 Å². The van der Waals surface area contributed by atoms with E-state index in [9.17, 15) is 14.3 Å². The summed E-state index contributed by atoms with van der Waals surface area (Å²) in [6.07, 6.45) is 2.33. The van der Waals surface area contributed by atoms with Gasteiger partial charge in [-0.2, -0.15) is 0 Å². The van der Waals surface area contributed by atoms with E-state index in [2.05, 4.69) is 30.5 Å². The number of ether oxygens (including phenoxy) is 3. The molecule has 0 unspecified atom stereocenters. The predicted molar refractivity (Wildman–Crippen MR) is 143 cm³/mol. The molecule has 0 aliphatic rings. The number of rotatable bonds is 8. The van der Waals surface area contributed by atoms with Crippen LogP contribution in [0.4, 0.5) is 14.9 Å². The topological polar surface area (TPSA) is 146 Å². The number of carbonyl (C=O) groups excluding carboxylic acids is 1. The van der Waals surface area contributed by atoms with E-state index in [4.69, 9.17) is 14.2 Å². The fourth-order valence-corrected chi connectivity index (χ4v) is 3.91. The van der Waals surface area contributed by atoms with Crippen LogP contribution in [0.2, 0.25) is 0 Å². The molecule has 0 aliphatic heterocycles. The lowest BCUT2D eigenvalue weighted by Gasteiger charge is -2.22. The molecule has 0 saturated carbocycles. The number of nitrogens with one attached hydrogen (secondary N) is 1. The first-order valence-corrected chi connectivity index (χ1v) is 12.3. The molecule has 0 spiro atoms. The lowest BCUT2D eigenvalue weighted by atomic mass is 10.1. The standard InChI is InChI=1S/C27H26FN7O5/c1-14(15(2)40-27(37)32-19-10-29-16(3)30-11-19)39-25-9-23-22(8-21(25)28)33-35(34-23)24-6-17(13-36)5-18-7-20(38-4)12-31-26(18)24/h5-12,14-15,36H,13H2,1-4H3,(H,32,37)/t14-,15+/m0/s1. The van der Waals surface area contributed by atoms with Crippen LogP contribution in [0.5, 0.6) is 11.5 Å². The van der Waals surface area contributed by atoms with Gasteiger partial charge < -0.3 is 19.3 Å². The second-order valence-corrected chi connectivity index (χ2v) is 9.06. The lowest BCUT2D eigenvalue weighted by Crippen LogP contribution is -2.32. The highest BCUT2D eigenvalue weighted by atomic mass is 19.1. The Kier molecular flexibility index (Phi) is 7.38. The Bertz CT molecular complexity index is 1690. The van der Waals surface area contributed by atoms with E-state index in [0.717, 1.165) is 5.39 Å². The minimum absolute atomic E-state index is 0.0772. The monoisotopic (exact) mass is 547 g/mol. The SMILES string of the molecule is COc1cnc2c(-n3nc4cc(F)c(O[C@@H](C)[C@@H](C)OC(=O)Nc5cnc(C)nc5)cc4n3)cc(CO)cc2c1. The highest BCUT2D eigenvalue weighted by Crippen LogP contribution is 2.28. The van der Waals surface area contributed by atoms with Gasteiger partial charge in [-0.25, -0.2) is 19.2 Å². The van der Waals surface area contributed by atoms with Gasteiger partial charge in [-0.05, 0) is 44.5 Å². The van der Waals surface area contributed by atoms with Gasteiger partial charge >= 0.3 is 6.09 Å². The number of amides is 1. The number of hydrogen-bond acceptors (Lipinski definition) is 10. The Labute approximate surface area is 227 Å². The molecule has 5 rings (SSSR count). The summed E-state index contributed by atoms with van der Waals surface area (Å²) in [6, 6.07) is 7.94. The van der Waals surface area contributed by atoms with E-state index in [-0.39, 0.29) is 17.9 Å². The van der Waals surface area contributed by atoms with Crippen molar-refractivity contribution in [3.63, 3.8) is 0 Å². The average Bonchev–Trinajstić information content (AvgIpc) is 3.35. The van der Waals surface area contributed by atoms with E-state index in [0.29, 0.717) is 39.5 Å². The van der Waals surface area contributed by atoms with Gasteiger partial charge in [0.05, 0.1) is 43.5 Å². The third-order valence-corrected chi connectivity index (χ3v) is 6.16. The zero-order valence-corrected chi connectivity index (χ0v) is 22.1. The van der Waals surface area contributed by atoms with Gasteiger partial charge in [0, 0.05) is 17.5 Å². The molecular formula is C27H26FN7O5. The summed E-state index contributed by atoms with van der Waals surface area (Å²) < 4.78 is 31.4. The number of methoxy groups -OCH3 is 1. The Balaban J connectivity index is 1.36. The number of pyridine rings is 1. The van der Waals surface area contributed by atoms with E-state index < -0.39 is 24.1 Å². The highest BCUT2D eigenvalue weighted by Gasteiger charge is 2.22. The van der Waals surface area contributed by atoms with Crippen LogP contribution in [0.25, 0.3) is 27.6 Å². The average molecular weight is 548 g/mol. The van der Waals surface area contributed by atoms with Gasteiger partial charge in [-0.15, -0.1) is 15.0 Å². The van der Waals surface area contributed by atoms with Crippen molar-refractivity contribution >= 4 is 33.7 Å². The number of hydrogen-bond donors (Lipinski definition) is 2. The number of fused-ring (bicyclic) bond motifs is 2. The Morgan fingerprint density at radius 3 is 2.45 bits per heavy atom. The summed E-state index contributed by atoms with van der Waals surface area (Å²) >= 11 is 0. The fraction of sp³-hybridized carbons (Fsp3) is 0.259. The molecule has 2 aromatic carbocycles. The second kappa shape index (κ2) is 11.1. The molecule has 3 heterocycles. The zero-order chi connectivity index (χ0) is 28.4. The minimum atomic E-state index is -0.729. The maximum atomic E-state index is 15.0. The van der Waals surface area contributed by atoms with Crippen molar-refractivity contribution < 1.29 is 28.5 Å². The number of nitrogens with zero attached hydrogens (tertiary/aromatic N) is 6. The number of carbonyl (C=O) groups is 1. The van der Waals surface area contributed by atoms with Gasteiger partial charge in [0.15, 0.2) is 11.6 Å². The molecule has 0 aliphatic carbocycles. The van der Waals surface area contributed by atoms with Crippen LogP contribution in [0, 0.1) is 12.7 Å². The molecule has 2 atom stereocenters. The smallest absolute Gasteiger partial charge is 0.412 e. The number of aryl methyl sites for hydroxylation is 1. The second-order valence-electron chi connectivity index (χ2n) is 9.06. The quantitative estimate of drug-likeness (QED) is 0.291. The fourth-order valence-electron chi connectivity index (χ4n) is 3.91. The Hall–Kier alpha value is -4.91. The lowest BCUT2D eigenvalue weighted by molar-refractivity contribution is 0.0402. The van der Waals surface area contributed by atoms with Crippen molar-refractivity contribution in [3.8, 4) is 17.2 Å². The van der Waals surface area contributed by atoms with Gasteiger partial charge in [0.2, 0.25) is 0 Å². The largest absolute Gasteiger partial charge is 0.495 e. The molecule has 206 valence electrons. The summed E-state index contributed by atoms with van der Waals surface area (Å²) in [5.74, 6) is 0.394. The molecule has 5 aromatic rings. The number of benzene rings is 2. The van der Waals surface area contributed by atoms with Crippen LogP contribution < -0.4 is 14.8 Å². The first-order chi connectivity index (χ1) is 19.2. The molecule has 12 nitrogen and oxygen atoms in total. The highest BCUT2D eigenvalue weighted by molar-refractivity contribution is 5.88. The number of anilines is 1. The number of aliphatic hydroxyl groups is 1. The van der Waals surface area contributed by atoms with Crippen LogP contribution >= 0.6 is 0 Å². The van der Waals surface area contributed by atoms with Crippen molar-refractivity contribution in [2.24, 2.45) is 0 Å². The predicted octanol–water partition coefficient (Wildman–Crippen LogP) is 4.11. The van der Waals surface area contributed by atoms with Crippen LogP contribution in [-0.4, -0.2) is 60.5 Å². The first kappa shape index (κ1) is 26.7. The van der Waals surface area contributed by atoms with Gasteiger partial charge in [0.25, 0.3) is 0 Å². The Morgan fingerprint density at radius 1 is 1.02 bits per heavy atom. The summed E-state index contributed by atoms with van der Waals surface area (Å²) in [6.45, 7) is 4.80. The summed E-state index contributed by atoms with van der Waals surface area (Å²) in [5, 5.41) is 21.9. The maximum Gasteiger partial charge on any atom is 0.412 e. The van der Waals surface area contributed by atoms with Crippen molar-refractivity contribution in [2.45, 2.75) is 39.6 Å². The van der Waals surface area contributed by atoms with Crippen LogP contribution in [0.3, 0.4) is 0 Å². The molecule has 1 amide bonds. The van der Waals surface area contributed by atoms with E-state index in [1.165, 1.54) is 29.3 Å². The summed E-state index contributed by atoms with van der Waals surface area (Å²) in [4.78, 5) is 26.1. The molecule has 0 saturated heterocycles. The van der Waals surface area contributed by atoms with Crippen molar-refractivity contribution in [1.82, 2.24) is 29.9 Å². The Morgan fingerprint density at radius 2 is 1.75 bits per heavy atom. The molecule has 3 aromatic heterocycles. The van der Waals surface area contributed by atoms with Gasteiger partial charge in [-0.3, -0.25) is 10.3 Å². The molecular weight excluding hydrogens is 521 g/mol. The molecule has 0 radical (unpaired) electrons. The number of aromatic nitrogens is 6. The minimum Gasteiger partial charge on any atom is -0.495 e. The molecule has 40 heavy (non-hydrogen) atoms. The molecule has 0 fully saturated rings. The molecule has 0 bridgehead atoms. The van der Waals surface area contributed by atoms with E-state index in [1.54, 1.807) is 52.3 Å². The zero-order valence-electron chi connectivity index (χ0n) is 22.1. The van der Waals surface area contributed by atoms with Gasteiger partial charge in [-0.1, -0.05) is 0 Å². The van der Waals surface area contributed by atoms with Crippen LogP contribution in [-0.2, 0) is 11.3 Å². The van der Waals surface area contributed by atoms with Crippen LogP contribution in [0.15, 0.2) is 48.9 Å².